The highest BCUT2D eigenvalue weighted by Crippen LogP contribution is 2.14. The molecule has 0 radical (unpaired) electrons. The maximum atomic E-state index is 12.4. The van der Waals surface area contributed by atoms with E-state index >= 15 is 0 Å². The molecule has 0 aliphatic rings. The van der Waals surface area contributed by atoms with Crippen molar-refractivity contribution in [2.24, 2.45) is 0 Å². The van der Waals surface area contributed by atoms with Crippen molar-refractivity contribution in [1.82, 2.24) is 4.98 Å². The van der Waals surface area contributed by atoms with Crippen molar-refractivity contribution >= 4 is 17.7 Å². The highest BCUT2D eigenvalue weighted by molar-refractivity contribution is 6.01. The van der Waals surface area contributed by atoms with E-state index in [-0.39, 0.29) is 17.0 Å². The number of methoxy groups -OCH3 is 1. The van der Waals surface area contributed by atoms with E-state index in [1.54, 1.807) is 12.1 Å². The molecule has 0 amide bonds. The lowest BCUT2D eigenvalue weighted by atomic mass is 10.0. The number of ether oxygens (including phenoxy) is 2. The van der Waals surface area contributed by atoms with Crippen molar-refractivity contribution in [3.8, 4) is 0 Å². The van der Waals surface area contributed by atoms with Crippen molar-refractivity contribution in [3.63, 3.8) is 0 Å². The third kappa shape index (κ3) is 4.29. The summed E-state index contributed by atoms with van der Waals surface area (Å²) in [7, 11) is 1.24. The molecule has 25 heavy (non-hydrogen) atoms. The number of Topliss-reactive ketones (excluding diaryl/α,β-unsaturated/α-hetero) is 1. The van der Waals surface area contributed by atoms with E-state index < -0.39 is 18.0 Å². The summed E-state index contributed by atoms with van der Waals surface area (Å²) in [4.78, 5) is 39.7. The third-order valence-corrected chi connectivity index (χ3v) is 3.84. The van der Waals surface area contributed by atoms with Gasteiger partial charge in [-0.2, -0.15) is 0 Å². The second-order valence-corrected chi connectivity index (χ2v) is 5.63. The van der Waals surface area contributed by atoms with Gasteiger partial charge in [0.2, 0.25) is 5.78 Å². The molecule has 1 atom stereocenters. The number of hydrogen-bond acceptors (Lipinski definition) is 6. The molecule has 1 aromatic carbocycles. The van der Waals surface area contributed by atoms with Crippen LogP contribution in [0, 0.1) is 13.8 Å². The molecule has 0 N–H and O–H groups in total. The zero-order valence-corrected chi connectivity index (χ0v) is 14.5. The molecule has 130 valence electrons. The van der Waals surface area contributed by atoms with E-state index in [4.69, 9.17) is 4.74 Å². The average Bonchev–Trinajstić information content (AvgIpc) is 2.62. The minimum absolute atomic E-state index is 0.0818. The molecular formula is C19H19NO5. The van der Waals surface area contributed by atoms with Crippen LogP contribution in [-0.4, -0.2) is 35.9 Å². The highest BCUT2D eigenvalue weighted by Gasteiger charge is 2.21. The molecule has 0 saturated carbocycles. The number of ketones is 1. The standard InChI is InChI=1S/C19H19NO5/c1-11-5-6-14(9-12(11)2)17(21)13(3)25-18(22)15-7-8-16(20-10-15)19(23)24-4/h5-10,13H,1-4H3/t13-/m0/s1. The van der Waals surface area contributed by atoms with Gasteiger partial charge in [-0.05, 0) is 50.1 Å². The predicted octanol–water partition coefficient (Wildman–Crippen LogP) is 2.91. The van der Waals surface area contributed by atoms with Gasteiger partial charge in [0, 0.05) is 11.8 Å². The first-order valence-electron chi connectivity index (χ1n) is 7.70. The molecule has 2 aromatic rings. The molecule has 1 aromatic heterocycles. The second kappa shape index (κ2) is 7.70. The number of nitrogens with zero attached hydrogens (tertiary/aromatic N) is 1. The highest BCUT2D eigenvalue weighted by atomic mass is 16.5. The molecule has 0 saturated heterocycles. The van der Waals surface area contributed by atoms with E-state index in [0.717, 1.165) is 11.1 Å². The number of carbonyl (C=O) groups is 3. The first-order chi connectivity index (χ1) is 11.8. The summed E-state index contributed by atoms with van der Waals surface area (Å²) in [6.07, 6.45) is 0.275. The SMILES string of the molecule is COC(=O)c1ccc(C(=O)O[C@@H](C)C(=O)c2ccc(C)c(C)c2)cn1. The number of pyridine rings is 1. The zero-order valence-electron chi connectivity index (χ0n) is 14.5. The quantitative estimate of drug-likeness (QED) is 0.614. The molecular weight excluding hydrogens is 322 g/mol. The Balaban J connectivity index is 2.07. The van der Waals surface area contributed by atoms with Gasteiger partial charge >= 0.3 is 11.9 Å². The van der Waals surface area contributed by atoms with Crippen LogP contribution >= 0.6 is 0 Å². The number of benzene rings is 1. The van der Waals surface area contributed by atoms with Crippen LogP contribution in [0.2, 0.25) is 0 Å². The first-order valence-corrected chi connectivity index (χ1v) is 7.70. The van der Waals surface area contributed by atoms with E-state index in [1.165, 1.54) is 32.4 Å². The topological polar surface area (TPSA) is 82.6 Å². The van der Waals surface area contributed by atoms with Crippen LogP contribution < -0.4 is 0 Å². The Morgan fingerprint density at radius 2 is 1.64 bits per heavy atom. The summed E-state index contributed by atoms with van der Waals surface area (Å²) in [6, 6.07) is 8.09. The van der Waals surface area contributed by atoms with Crippen molar-refractivity contribution in [2.75, 3.05) is 7.11 Å². The van der Waals surface area contributed by atoms with Gasteiger partial charge in [-0.1, -0.05) is 12.1 Å². The van der Waals surface area contributed by atoms with Crippen molar-refractivity contribution in [1.29, 1.82) is 0 Å². The Labute approximate surface area is 145 Å². The second-order valence-electron chi connectivity index (χ2n) is 5.63. The third-order valence-electron chi connectivity index (χ3n) is 3.84. The summed E-state index contributed by atoms with van der Waals surface area (Å²) in [5.41, 5.74) is 2.79. The van der Waals surface area contributed by atoms with Gasteiger partial charge in [-0.15, -0.1) is 0 Å². The lowest BCUT2D eigenvalue weighted by Crippen LogP contribution is -2.24. The minimum Gasteiger partial charge on any atom is -0.464 e. The Kier molecular flexibility index (Phi) is 5.64. The number of esters is 2. The summed E-state index contributed by atoms with van der Waals surface area (Å²) in [5.74, 6) is -1.57. The normalized spacial score (nSPS) is 11.5. The van der Waals surface area contributed by atoms with Crippen molar-refractivity contribution in [2.45, 2.75) is 26.9 Å². The first kappa shape index (κ1) is 18.3. The summed E-state index contributed by atoms with van der Waals surface area (Å²) < 4.78 is 9.74. The molecule has 0 spiro atoms. The van der Waals surface area contributed by atoms with Gasteiger partial charge in [-0.25, -0.2) is 14.6 Å². The van der Waals surface area contributed by atoms with Crippen LogP contribution in [0.5, 0.6) is 0 Å². The monoisotopic (exact) mass is 341 g/mol. The molecule has 2 rings (SSSR count). The van der Waals surface area contributed by atoms with Crippen LogP contribution in [0.4, 0.5) is 0 Å². The maximum Gasteiger partial charge on any atom is 0.356 e. The summed E-state index contributed by atoms with van der Waals surface area (Å²) in [5, 5.41) is 0. The van der Waals surface area contributed by atoms with Gasteiger partial charge < -0.3 is 9.47 Å². The van der Waals surface area contributed by atoms with E-state index in [2.05, 4.69) is 9.72 Å². The molecule has 6 heteroatoms. The zero-order chi connectivity index (χ0) is 18.6. The summed E-state index contributed by atoms with van der Waals surface area (Å²) in [6.45, 7) is 5.39. The van der Waals surface area contributed by atoms with E-state index in [0.29, 0.717) is 5.56 Å². The fourth-order valence-electron chi connectivity index (χ4n) is 2.15. The number of rotatable bonds is 5. The van der Waals surface area contributed by atoms with E-state index in [1.807, 2.05) is 19.9 Å². The summed E-state index contributed by atoms with van der Waals surface area (Å²) >= 11 is 0. The Morgan fingerprint density at radius 3 is 2.20 bits per heavy atom. The van der Waals surface area contributed by atoms with Crippen molar-refractivity contribution in [3.05, 3.63) is 64.5 Å². The molecule has 0 aliphatic carbocycles. The Morgan fingerprint density at radius 1 is 0.960 bits per heavy atom. The van der Waals surface area contributed by atoms with Crippen LogP contribution in [0.15, 0.2) is 36.5 Å². The smallest absolute Gasteiger partial charge is 0.356 e. The molecule has 1 heterocycles. The molecule has 0 aliphatic heterocycles. The number of hydrogen-bond donors (Lipinski definition) is 0. The average molecular weight is 341 g/mol. The fraction of sp³-hybridized carbons (Fsp3) is 0.263. The number of aryl methyl sites for hydroxylation is 2. The van der Waals surface area contributed by atoms with Gasteiger partial charge in [0.05, 0.1) is 12.7 Å². The van der Waals surface area contributed by atoms with Crippen molar-refractivity contribution < 1.29 is 23.9 Å². The Bertz CT molecular complexity index is 811. The van der Waals surface area contributed by atoms with Gasteiger partial charge in [0.1, 0.15) is 5.69 Å². The molecule has 0 unspecified atom stereocenters. The molecule has 0 fully saturated rings. The fourth-order valence-corrected chi connectivity index (χ4v) is 2.15. The van der Waals surface area contributed by atoms with Gasteiger partial charge in [0.25, 0.3) is 0 Å². The lowest BCUT2D eigenvalue weighted by molar-refractivity contribution is 0.0318. The maximum absolute atomic E-state index is 12.4. The van der Waals surface area contributed by atoms with E-state index in [9.17, 15) is 14.4 Å². The van der Waals surface area contributed by atoms with Crippen LogP contribution in [0.1, 0.15) is 49.3 Å². The molecule has 0 bridgehead atoms. The predicted molar refractivity (Wildman–Crippen MR) is 90.7 cm³/mol. The van der Waals surface area contributed by atoms with Crippen LogP contribution in [-0.2, 0) is 9.47 Å². The van der Waals surface area contributed by atoms with Gasteiger partial charge in [-0.3, -0.25) is 4.79 Å². The van der Waals surface area contributed by atoms with Crippen LogP contribution in [0.25, 0.3) is 0 Å². The number of carbonyl (C=O) groups excluding carboxylic acids is 3. The lowest BCUT2D eigenvalue weighted by Gasteiger charge is -2.13. The number of aromatic nitrogens is 1. The largest absolute Gasteiger partial charge is 0.464 e. The molecule has 6 nitrogen and oxygen atoms in total. The Hall–Kier alpha value is -3.02. The van der Waals surface area contributed by atoms with Gasteiger partial charge in [0.15, 0.2) is 6.10 Å². The minimum atomic E-state index is -0.935. The van der Waals surface area contributed by atoms with Crippen LogP contribution in [0.3, 0.4) is 0 Å².